The first-order chi connectivity index (χ1) is 8.20. The fraction of sp³-hybridized carbons (Fsp3) is 0.154. The zero-order valence-corrected chi connectivity index (χ0v) is 9.90. The van der Waals surface area contributed by atoms with Crippen LogP contribution in [0.2, 0.25) is 0 Å². The van der Waals surface area contributed by atoms with E-state index in [1.165, 1.54) is 0 Å². The first kappa shape index (κ1) is 11.3. The molecule has 0 radical (unpaired) electrons. The van der Waals surface area contributed by atoms with Gasteiger partial charge >= 0.3 is 0 Å². The largest absolute Gasteiger partial charge is 0.497 e. The Bertz CT molecular complexity index is 526. The number of aromatic nitrogens is 1. The summed E-state index contributed by atoms with van der Waals surface area (Å²) in [6.07, 6.45) is 1.67. The third-order valence-corrected chi connectivity index (χ3v) is 2.54. The van der Waals surface area contributed by atoms with Crippen LogP contribution in [0.5, 0.6) is 5.75 Å². The monoisotopic (exact) mass is 229 g/mol. The van der Waals surface area contributed by atoms with Crippen LogP contribution in [0.3, 0.4) is 0 Å². The highest BCUT2D eigenvalue weighted by molar-refractivity contribution is 5.71. The van der Waals surface area contributed by atoms with Gasteiger partial charge in [0.25, 0.3) is 0 Å². The van der Waals surface area contributed by atoms with Gasteiger partial charge in [-0.1, -0.05) is 0 Å². The Hall–Kier alpha value is -2.23. The molecule has 4 heteroatoms. The van der Waals surface area contributed by atoms with Gasteiger partial charge in [0.15, 0.2) is 0 Å². The molecule has 88 valence electrons. The van der Waals surface area contributed by atoms with Gasteiger partial charge in [0, 0.05) is 11.9 Å². The van der Waals surface area contributed by atoms with Crippen LogP contribution in [-0.4, -0.2) is 12.1 Å². The van der Waals surface area contributed by atoms with Crippen LogP contribution in [0.4, 0.5) is 17.2 Å². The molecule has 0 aliphatic rings. The number of aryl methyl sites for hydroxylation is 1. The lowest BCUT2D eigenvalue weighted by molar-refractivity contribution is 0.414. The summed E-state index contributed by atoms with van der Waals surface area (Å²) in [4.78, 5) is 4.03. The predicted octanol–water partition coefficient (Wildman–Crippen LogP) is 2.72. The van der Waals surface area contributed by atoms with Crippen LogP contribution >= 0.6 is 0 Å². The van der Waals surface area contributed by atoms with Crippen molar-refractivity contribution < 1.29 is 4.74 Å². The van der Waals surface area contributed by atoms with Crippen molar-refractivity contribution in [3.05, 3.63) is 42.1 Å². The number of ether oxygens (including phenoxy) is 1. The van der Waals surface area contributed by atoms with E-state index in [2.05, 4.69) is 10.3 Å². The van der Waals surface area contributed by atoms with E-state index in [4.69, 9.17) is 10.5 Å². The van der Waals surface area contributed by atoms with E-state index in [1.807, 2.05) is 37.3 Å². The van der Waals surface area contributed by atoms with E-state index in [0.29, 0.717) is 5.82 Å². The highest BCUT2D eigenvalue weighted by Crippen LogP contribution is 2.26. The minimum absolute atomic E-state index is 0.489. The van der Waals surface area contributed by atoms with Crippen molar-refractivity contribution in [3.8, 4) is 5.75 Å². The molecule has 0 atom stereocenters. The highest BCUT2D eigenvalue weighted by Gasteiger charge is 2.03. The Morgan fingerprint density at radius 1 is 1.24 bits per heavy atom. The molecule has 2 rings (SSSR count). The van der Waals surface area contributed by atoms with Crippen molar-refractivity contribution in [1.82, 2.24) is 4.98 Å². The van der Waals surface area contributed by atoms with Gasteiger partial charge in [-0.3, -0.25) is 0 Å². The van der Waals surface area contributed by atoms with Gasteiger partial charge in [-0.2, -0.15) is 0 Å². The van der Waals surface area contributed by atoms with Gasteiger partial charge in [-0.25, -0.2) is 4.98 Å². The summed E-state index contributed by atoms with van der Waals surface area (Å²) in [5.74, 6) is 1.33. The fourth-order valence-electron chi connectivity index (χ4n) is 1.57. The van der Waals surface area contributed by atoms with E-state index in [9.17, 15) is 0 Å². The molecule has 0 amide bonds. The standard InChI is InChI=1S/C13H15N3O/c1-9-8-10(17-2)5-6-11(9)16-12-4-3-7-15-13(12)14/h3-8,16H,1-2H3,(H2,14,15). The van der Waals surface area contributed by atoms with Gasteiger partial charge in [-0.05, 0) is 42.8 Å². The number of nitrogens with one attached hydrogen (secondary N) is 1. The second-order valence-corrected chi connectivity index (χ2v) is 3.74. The number of rotatable bonds is 3. The number of methoxy groups -OCH3 is 1. The maximum atomic E-state index is 5.78. The number of anilines is 3. The molecule has 17 heavy (non-hydrogen) atoms. The van der Waals surface area contributed by atoms with E-state index in [1.54, 1.807) is 13.3 Å². The molecular weight excluding hydrogens is 214 g/mol. The molecule has 0 unspecified atom stereocenters. The lowest BCUT2D eigenvalue weighted by atomic mass is 10.2. The fourth-order valence-corrected chi connectivity index (χ4v) is 1.57. The predicted molar refractivity (Wildman–Crippen MR) is 69.7 cm³/mol. The Morgan fingerprint density at radius 2 is 2.06 bits per heavy atom. The van der Waals surface area contributed by atoms with Gasteiger partial charge in [0.05, 0.1) is 12.8 Å². The first-order valence-electron chi connectivity index (χ1n) is 5.33. The summed E-state index contributed by atoms with van der Waals surface area (Å²) in [7, 11) is 1.65. The Kier molecular flexibility index (Phi) is 3.14. The molecule has 0 spiro atoms. The van der Waals surface area contributed by atoms with Gasteiger partial charge in [0.2, 0.25) is 0 Å². The molecular formula is C13H15N3O. The maximum absolute atomic E-state index is 5.78. The van der Waals surface area contributed by atoms with E-state index >= 15 is 0 Å². The molecule has 0 saturated carbocycles. The minimum atomic E-state index is 0.489. The number of hydrogen-bond donors (Lipinski definition) is 2. The third-order valence-electron chi connectivity index (χ3n) is 2.54. The lowest BCUT2D eigenvalue weighted by Crippen LogP contribution is -1.99. The smallest absolute Gasteiger partial charge is 0.147 e. The summed E-state index contributed by atoms with van der Waals surface area (Å²) in [6, 6.07) is 9.57. The van der Waals surface area contributed by atoms with Crippen LogP contribution in [0.15, 0.2) is 36.5 Å². The summed E-state index contributed by atoms with van der Waals surface area (Å²) in [5, 5.41) is 3.25. The number of pyridine rings is 1. The normalized spacial score (nSPS) is 10.0. The summed E-state index contributed by atoms with van der Waals surface area (Å²) in [6.45, 7) is 2.01. The molecule has 1 aromatic heterocycles. The molecule has 3 N–H and O–H groups in total. The number of nitrogens with two attached hydrogens (primary N) is 1. The van der Waals surface area contributed by atoms with Crippen molar-refractivity contribution in [1.29, 1.82) is 0 Å². The zero-order chi connectivity index (χ0) is 12.3. The number of nitrogens with zero attached hydrogens (tertiary/aromatic N) is 1. The number of hydrogen-bond acceptors (Lipinski definition) is 4. The summed E-state index contributed by atoms with van der Waals surface area (Å²) in [5.41, 5.74) is 8.66. The van der Waals surface area contributed by atoms with Crippen LogP contribution < -0.4 is 15.8 Å². The SMILES string of the molecule is COc1ccc(Nc2cccnc2N)c(C)c1. The molecule has 0 fully saturated rings. The van der Waals surface area contributed by atoms with Crippen molar-refractivity contribution in [3.63, 3.8) is 0 Å². The number of nitrogen functional groups attached to an aromatic ring is 1. The third kappa shape index (κ3) is 2.47. The van der Waals surface area contributed by atoms with Crippen LogP contribution in [0.25, 0.3) is 0 Å². The summed E-state index contributed by atoms with van der Waals surface area (Å²) >= 11 is 0. The van der Waals surface area contributed by atoms with Gasteiger partial charge < -0.3 is 15.8 Å². The van der Waals surface area contributed by atoms with Crippen molar-refractivity contribution in [2.24, 2.45) is 0 Å². The van der Waals surface area contributed by atoms with Crippen molar-refractivity contribution in [2.45, 2.75) is 6.92 Å². The minimum Gasteiger partial charge on any atom is -0.497 e. The molecule has 1 aromatic carbocycles. The molecule has 0 aliphatic carbocycles. The molecule has 4 nitrogen and oxygen atoms in total. The van der Waals surface area contributed by atoms with Crippen LogP contribution in [-0.2, 0) is 0 Å². The Labute approximate surface area is 100 Å². The average Bonchev–Trinajstić information content (AvgIpc) is 2.34. The topological polar surface area (TPSA) is 60.2 Å². The van der Waals surface area contributed by atoms with Crippen LogP contribution in [0, 0.1) is 6.92 Å². The van der Waals surface area contributed by atoms with E-state index < -0.39 is 0 Å². The quantitative estimate of drug-likeness (QED) is 0.849. The number of benzene rings is 1. The Balaban J connectivity index is 2.28. The maximum Gasteiger partial charge on any atom is 0.147 e. The average molecular weight is 229 g/mol. The Morgan fingerprint density at radius 3 is 2.71 bits per heavy atom. The second-order valence-electron chi connectivity index (χ2n) is 3.74. The summed E-state index contributed by atoms with van der Waals surface area (Å²) < 4.78 is 5.16. The van der Waals surface area contributed by atoms with Gasteiger partial charge in [0.1, 0.15) is 11.6 Å². The van der Waals surface area contributed by atoms with Gasteiger partial charge in [-0.15, -0.1) is 0 Å². The molecule has 2 aromatic rings. The molecule has 1 heterocycles. The molecule has 0 aliphatic heterocycles. The van der Waals surface area contributed by atoms with Crippen molar-refractivity contribution >= 4 is 17.2 Å². The zero-order valence-electron chi connectivity index (χ0n) is 9.90. The van der Waals surface area contributed by atoms with Crippen molar-refractivity contribution in [2.75, 3.05) is 18.2 Å². The highest BCUT2D eigenvalue weighted by atomic mass is 16.5. The van der Waals surface area contributed by atoms with E-state index in [0.717, 1.165) is 22.7 Å². The lowest BCUT2D eigenvalue weighted by Gasteiger charge is -2.11. The van der Waals surface area contributed by atoms with Crippen LogP contribution in [0.1, 0.15) is 5.56 Å². The first-order valence-corrected chi connectivity index (χ1v) is 5.33. The second kappa shape index (κ2) is 4.74. The molecule has 0 bridgehead atoms. The molecule has 0 saturated heterocycles. The van der Waals surface area contributed by atoms with E-state index in [-0.39, 0.29) is 0 Å².